The molecule has 2 amide bonds. The number of aliphatic carboxylic acids is 1. The lowest BCUT2D eigenvalue weighted by atomic mass is 9.84. The number of rotatable bonds is 10. The number of hydrogen-bond donors (Lipinski definition) is 3. The zero-order valence-electron chi connectivity index (χ0n) is 12.2. The third-order valence-corrected chi connectivity index (χ3v) is 5.29. The quantitative estimate of drug-likeness (QED) is 0.542. The molecular weight excluding hydrogens is 276 g/mol. The Morgan fingerprint density at radius 1 is 1.15 bits per heavy atom. The summed E-state index contributed by atoms with van der Waals surface area (Å²) in [7, 11) is 0. The van der Waals surface area contributed by atoms with E-state index in [9.17, 15) is 9.59 Å². The normalized spacial score (nSPS) is 16.2. The predicted octanol–water partition coefficient (Wildman–Crippen LogP) is 2.61. The molecule has 0 heterocycles. The number of nitrogens with one attached hydrogen (secondary N) is 2. The van der Waals surface area contributed by atoms with E-state index in [2.05, 4.69) is 16.9 Å². The molecule has 1 rings (SSSR count). The summed E-state index contributed by atoms with van der Waals surface area (Å²) in [5.41, 5.74) is 0. The van der Waals surface area contributed by atoms with Gasteiger partial charge in [-0.05, 0) is 31.9 Å². The molecule has 20 heavy (non-hydrogen) atoms. The lowest BCUT2D eigenvalue weighted by Gasteiger charge is -2.40. The van der Waals surface area contributed by atoms with E-state index in [4.69, 9.17) is 5.11 Å². The Bertz CT molecular complexity index is 314. The Morgan fingerprint density at radius 3 is 2.40 bits per heavy atom. The van der Waals surface area contributed by atoms with Crippen molar-refractivity contribution in [2.45, 2.75) is 56.1 Å². The molecule has 5 nitrogen and oxygen atoms in total. The highest BCUT2D eigenvalue weighted by Gasteiger charge is 2.36. The van der Waals surface area contributed by atoms with Crippen LogP contribution in [0, 0.1) is 0 Å². The lowest BCUT2D eigenvalue weighted by Crippen LogP contribution is -2.48. The maximum absolute atomic E-state index is 11.6. The molecule has 1 aliphatic carbocycles. The summed E-state index contributed by atoms with van der Waals surface area (Å²) in [5.74, 6) is -0.735. The highest BCUT2D eigenvalue weighted by atomic mass is 32.2. The minimum Gasteiger partial charge on any atom is -0.481 e. The average molecular weight is 302 g/mol. The summed E-state index contributed by atoms with van der Waals surface area (Å²) in [6.45, 7) is 1.41. The molecule has 116 valence electrons. The van der Waals surface area contributed by atoms with Gasteiger partial charge in [0.25, 0.3) is 0 Å². The van der Waals surface area contributed by atoms with Gasteiger partial charge in [0.05, 0.1) is 0 Å². The predicted molar refractivity (Wildman–Crippen MR) is 82.2 cm³/mol. The fraction of sp³-hybridized carbons (Fsp3) is 0.857. The molecular formula is C14H26N2O3S. The summed E-state index contributed by atoms with van der Waals surface area (Å²) < 4.78 is 0.272. The van der Waals surface area contributed by atoms with Crippen LogP contribution in [0.5, 0.6) is 0 Å². The van der Waals surface area contributed by atoms with Crippen LogP contribution in [-0.2, 0) is 4.79 Å². The number of hydrogen-bond acceptors (Lipinski definition) is 3. The van der Waals surface area contributed by atoms with Crippen molar-refractivity contribution in [3.63, 3.8) is 0 Å². The molecule has 1 fully saturated rings. The number of carboxylic acids is 1. The van der Waals surface area contributed by atoms with Gasteiger partial charge in [-0.25, -0.2) is 4.79 Å². The molecule has 1 aliphatic rings. The fourth-order valence-corrected chi connectivity index (χ4v) is 3.20. The van der Waals surface area contributed by atoms with Crippen LogP contribution in [0.25, 0.3) is 0 Å². The van der Waals surface area contributed by atoms with Crippen molar-refractivity contribution in [2.75, 3.05) is 19.3 Å². The third kappa shape index (κ3) is 6.50. The van der Waals surface area contributed by atoms with Gasteiger partial charge in [0.1, 0.15) is 0 Å². The molecule has 3 N–H and O–H groups in total. The van der Waals surface area contributed by atoms with Gasteiger partial charge in [-0.3, -0.25) is 4.79 Å². The summed E-state index contributed by atoms with van der Waals surface area (Å²) in [6.07, 6.45) is 9.49. The third-order valence-electron chi connectivity index (χ3n) is 3.87. The van der Waals surface area contributed by atoms with E-state index in [-0.39, 0.29) is 17.2 Å². The summed E-state index contributed by atoms with van der Waals surface area (Å²) in [5, 5.41) is 14.3. The van der Waals surface area contributed by atoms with Gasteiger partial charge < -0.3 is 15.7 Å². The fourth-order valence-electron chi connectivity index (χ4n) is 2.28. The molecule has 0 aliphatic heterocycles. The lowest BCUT2D eigenvalue weighted by molar-refractivity contribution is -0.137. The Kier molecular flexibility index (Phi) is 7.80. The van der Waals surface area contributed by atoms with E-state index < -0.39 is 5.97 Å². The largest absolute Gasteiger partial charge is 0.481 e. The van der Waals surface area contributed by atoms with Crippen LogP contribution < -0.4 is 10.6 Å². The highest BCUT2D eigenvalue weighted by Crippen LogP contribution is 2.42. The van der Waals surface area contributed by atoms with Crippen molar-refractivity contribution in [3.05, 3.63) is 0 Å². The Hall–Kier alpha value is -0.910. The topological polar surface area (TPSA) is 78.4 Å². The molecule has 6 heteroatoms. The second-order valence-corrected chi connectivity index (χ2v) is 6.68. The molecule has 0 bridgehead atoms. The highest BCUT2D eigenvalue weighted by molar-refractivity contribution is 8.00. The van der Waals surface area contributed by atoms with Gasteiger partial charge in [0, 0.05) is 24.3 Å². The molecule has 1 saturated carbocycles. The van der Waals surface area contributed by atoms with Crippen LogP contribution in [0.1, 0.15) is 51.4 Å². The number of carboxylic acid groups (broad SMARTS) is 1. The zero-order valence-corrected chi connectivity index (χ0v) is 13.1. The summed E-state index contributed by atoms with van der Waals surface area (Å²) >= 11 is 1.85. The van der Waals surface area contributed by atoms with Gasteiger partial charge in [-0.2, -0.15) is 11.8 Å². The van der Waals surface area contributed by atoms with Crippen LogP contribution in [0.2, 0.25) is 0 Å². The SMILES string of the molecule is CSC1(CNC(=O)NCCCCCCC(=O)O)CCC1. The van der Waals surface area contributed by atoms with Crippen molar-refractivity contribution >= 4 is 23.8 Å². The maximum Gasteiger partial charge on any atom is 0.314 e. The van der Waals surface area contributed by atoms with E-state index in [0.29, 0.717) is 6.54 Å². The van der Waals surface area contributed by atoms with Gasteiger partial charge in [0.2, 0.25) is 0 Å². The van der Waals surface area contributed by atoms with E-state index in [1.165, 1.54) is 19.3 Å². The first kappa shape index (κ1) is 17.1. The molecule has 0 atom stereocenters. The number of amides is 2. The van der Waals surface area contributed by atoms with Crippen LogP contribution in [0.15, 0.2) is 0 Å². The smallest absolute Gasteiger partial charge is 0.314 e. The summed E-state index contributed by atoms with van der Waals surface area (Å²) in [4.78, 5) is 21.9. The van der Waals surface area contributed by atoms with Crippen molar-refractivity contribution in [1.29, 1.82) is 0 Å². The van der Waals surface area contributed by atoms with E-state index in [0.717, 1.165) is 32.2 Å². The average Bonchev–Trinajstić information content (AvgIpc) is 2.36. The van der Waals surface area contributed by atoms with Gasteiger partial charge in [-0.1, -0.05) is 19.3 Å². The van der Waals surface area contributed by atoms with Crippen LogP contribution in [0.3, 0.4) is 0 Å². The number of unbranched alkanes of at least 4 members (excludes halogenated alkanes) is 3. The molecule has 0 unspecified atom stereocenters. The minimum atomic E-state index is -0.735. The minimum absolute atomic E-state index is 0.0872. The summed E-state index contributed by atoms with van der Waals surface area (Å²) in [6, 6.07) is -0.0872. The molecule has 0 aromatic heterocycles. The second-order valence-electron chi connectivity index (χ2n) is 5.41. The standard InChI is InChI=1S/C14H26N2O3S/c1-20-14(8-6-9-14)11-16-13(19)15-10-5-3-2-4-7-12(17)18/h2-11H2,1H3,(H,17,18)(H2,15,16,19). The maximum atomic E-state index is 11.6. The van der Waals surface area contributed by atoms with Crippen LogP contribution >= 0.6 is 11.8 Å². The van der Waals surface area contributed by atoms with Crippen molar-refractivity contribution in [2.24, 2.45) is 0 Å². The molecule has 0 aromatic carbocycles. The first-order valence-electron chi connectivity index (χ1n) is 7.37. The monoisotopic (exact) mass is 302 g/mol. The van der Waals surface area contributed by atoms with Gasteiger partial charge in [0.15, 0.2) is 0 Å². The number of carbonyl (C=O) groups is 2. The van der Waals surface area contributed by atoms with E-state index in [1.807, 2.05) is 11.8 Å². The zero-order chi connectivity index (χ0) is 14.8. The Labute approximate surface area is 125 Å². The molecule has 0 aromatic rings. The molecule has 0 spiro atoms. The van der Waals surface area contributed by atoms with Crippen molar-refractivity contribution in [1.82, 2.24) is 10.6 Å². The molecule has 0 radical (unpaired) electrons. The second kappa shape index (κ2) is 9.10. The first-order chi connectivity index (χ1) is 9.58. The number of urea groups is 1. The molecule has 0 saturated heterocycles. The Morgan fingerprint density at radius 2 is 1.85 bits per heavy atom. The van der Waals surface area contributed by atoms with E-state index in [1.54, 1.807) is 0 Å². The number of carbonyl (C=O) groups excluding carboxylic acids is 1. The van der Waals surface area contributed by atoms with Gasteiger partial charge >= 0.3 is 12.0 Å². The van der Waals surface area contributed by atoms with E-state index >= 15 is 0 Å². The van der Waals surface area contributed by atoms with Crippen molar-refractivity contribution < 1.29 is 14.7 Å². The van der Waals surface area contributed by atoms with Crippen LogP contribution in [0.4, 0.5) is 4.79 Å². The van der Waals surface area contributed by atoms with Crippen molar-refractivity contribution in [3.8, 4) is 0 Å². The Balaban J connectivity index is 1.94. The van der Waals surface area contributed by atoms with Crippen LogP contribution in [-0.4, -0.2) is 41.2 Å². The number of thioether (sulfide) groups is 1. The van der Waals surface area contributed by atoms with Gasteiger partial charge in [-0.15, -0.1) is 0 Å². The first-order valence-corrected chi connectivity index (χ1v) is 8.59.